The zero-order valence-electron chi connectivity index (χ0n) is 18.0. The van der Waals surface area contributed by atoms with Gasteiger partial charge in [-0.25, -0.2) is 0 Å². The lowest BCUT2D eigenvalue weighted by atomic mass is 9.92. The molecule has 0 bridgehead atoms. The molecule has 3 aromatic rings. The molecule has 1 N–H and O–H groups in total. The molecule has 1 saturated heterocycles. The van der Waals surface area contributed by atoms with Crippen LogP contribution in [0.1, 0.15) is 48.9 Å². The number of aliphatic hydroxyl groups excluding tert-OH is 1. The van der Waals surface area contributed by atoms with Gasteiger partial charge in [-0.15, -0.1) is 0 Å². The fraction of sp³-hybridized carbons (Fsp3) is 0.259. The molecule has 0 aromatic heterocycles. The van der Waals surface area contributed by atoms with E-state index in [0.29, 0.717) is 12.1 Å². The number of likely N-dealkylation sites (tertiary alicyclic amines) is 1. The molecule has 0 spiro atoms. The fourth-order valence-electron chi connectivity index (χ4n) is 4.35. The molecular weight excluding hydrogens is 386 g/mol. The van der Waals surface area contributed by atoms with Crippen molar-refractivity contribution in [2.75, 3.05) is 6.54 Å². The molecule has 31 heavy (non-hydrogen) atoms. The van der Waals surface area contributed by atoms with Gasteiger partial charge in [0.15, 0.2) is 0 Å². The van der Waals surface area contributed by atoms with E-state index in [1.54, 1.807) is 11.0 Å². The van der Waals surface area contributed by atoms with Crippen molar-refractivity contribution in [3.05, 3.63) is 89.0 Å². The van der Waals surface area contributed by atoms with Gasteiger partial charge in [0.1, 0.15) is 5.76 Å². The first-order valence-corrected chi connectivity index (χ1v) is 10.9. The third-order valence-electron chi connectivity index (χ3n) is 6.05. The smallest absolute Gasteiger partial charge is 0.295 e. The Morgan fingerprint density at radius 3 is 2.39 bits per heavy atom. The Bertz CT molecular complexity index is 1180. The summed E-state index contributed by atoms with van der Waals surface area (Å²) in [7, 11) is 0. The quantitative estimate of drug-likeness (QED) is 0.242. The van der Waals surface area contributed by atoms with Gasteiger partial charge in [-0.05, 0) is 41.3 Å². The van der Waals surface area contributed by atoms with E-state index in [2.05, 4.69) is 6.92 Å². The Balaban J connectivity index is 1.86. The summed E-state index contributed by atoms with van der Waals surface area (Å²) in [5.41, 5.74) is 2.58. The van der Waals surface area contributed by atoms with Gasteiger partial charge in [-0.1, -0.05) is 80.4 Å². The van der Waals surface area contributed by atoms with E-state index in [1.165, 1.54) is 0 Å². The van der Waals surface area contributed by atoms with Crippen LogP contribution in [0.25, 0.3) is 16.5 Å². The SMILES string of the molecule is CCCCCN1C(=O)C(=O)/C(=C(/O)c2ccc3ccccc3c2)C1c1ccccc1C. The number of ketones is 1. The minimum atomic E-state index is -0.615. The topological polar surface area (TPSA) is 57.6 Å². The van der Waals surface area contributed by atoms with Crippen molar-refractivity contribution in [2.45, 2.75) is 39.2 Å². The summed E-state index contributed by atoms with van der Waals surface area (Å²) in [5, 5.41) is 13.3. The Labute approximate surface area is 182 Å². The summed E-state index contributed by atoms with van der Waals surface area (Å²) in [6.07, 6.45) is 2.83. The first-order chi connectivity index (χ1) is 15.0. The van der Waals surface area contributed by atoms with Gasteiger partial charge in [0.05, 0.1) is 11.6 Å². The van der Waals surface area contributed by atoms with Crippen LogP contribution in [0.15, 0.2) is 72.3 Å². The van der Waals surface area contributed by atoms with Crippen molar-refractivity contribution in [3.63, 3.8) is 0 Å². The second-order valence-electron chi connectivity index (χ2n) is 8.12. The van der Waals surface area contributed by atoms with Gasteiger partial charge in [0.25, 0.3) is 11.7 Å². The predicted octanol–water partition coefficient (Wildman–Crippen LogP) is 5.76. The Hall–Kier alpha value is -3.40. The number of fused-ring (bicyclic) bond motifs is 1. The van der Waals surface area contributed by atoms with Crippen molar-refractivity contribution in [3.8, 4) is 0 Å². The molecule has 158 valence electrons. The number of Topliss-reactive ketones (excluding diaryl/α,β-unsaturated/α-hetero) is 1. The number of nitrogens with zero attached hydrogens (tertiary/aromatic N) is 1. The van der Waals surface area contributed by atoms with Crippen LogP contribution in [0.5, 0.6) is 0 Å². The molecular formula is C27H27NO3. The van der Waals surface area contributed by atoms with Gasteiger partial charge >= 0.3 is 0 Å². The number of unbranched alkanes of at least 4 members (excludes halogenated alkanes) is 2. The lowest BCUT2D eigenvalue weighted by Gasteiger charge is -2.26. The summed E-state index contributed by atoms with van der Waals surface area (Å²) in [4.78, 5) is 27.7. The second-order valence-corrected chi connectivity index (χ2v) is 8.12. The van der Waals surface area contributed by atoms with E-state index in [-0.39, 0.29) is 11.3 Å². The highest BCUT2D eigenvalue weighted by molar-refractivity contribution is 6.46. The maximum absolute atomic E-state index is 13.1. The normalized spacial score (nSPS) is 18.1. The Morgan fingerprint density at radius 2 is 1.65 bits per heavy atom. The fourth-order valence-corrected chi connectivity index (χ4v) is 4.35. The molecule has 4 nitrogen and oxygen atoms in total. The van der Waals surface area contributed by atoms with E-state index in [4.69, 9.17) is 0 Å². The van der Waals surface area contributed by atoms with Crippen molar-refractivity contribution in [2.24, 2.45) is 0 Å². The van der Waals surface area contributed by atoms with Crippen LogP contribution in [-0.4, -0.2) is 28.2 Å². The van der Waals surface area contributed by atoms with Crippen LogP contribution < -0.4 is 0 Å². The van der Waals surface area contributed by atoms with Crippen molar-refractivity contribution < 1.29 is 14.7 Å². The Morgan fingerprint density at radius 1 is 0.935 bits per heavy atom. The number of aryl methyl sites for hydroxylation is 1. The lowest BCUT2D eigenvalue weighted by Crippen LogP contribution is -2.31. The number of aliphatic hydroxyl groups is 1. The number of rotatable bonds is 6. The number of benzene rings is 3. The predicted molar refractivity (Wildman–Crippen MR) is 124 cm³/mol. The zero-order chi connectivity index (χ0) is 22.0. The van der Waals surface area contributed by atoms with Crippen LogP contribution in [0.2, 0.25) is 0 Å². The average Bonchev–Trinajstić information content (AvgIpc) is 3.03. The molecule has 4 rings (SSSR count). The van der Waals surface area contributed by atoms with Crippen LogP contribution in [0.3, 0.4) is 0 Å². The molecule has 1 amide bonds. The van der Waals surface area contributed by atoms with Gasteiger partial charge < -0.3 is 10.0 Å². The largest absolute Gasteiger partial charge is 0.507 e. The van der Waals surface area contributed by atoms with Crippen molar-refractivity contribution in [1.82, 2.24) is 4.90 Å². The Kier molecular flexibility index (Phi) is 5.90. The number of amides is 1. The van der Waals surface area contributed by atoms with E-state index in [1.807, 2.05) is 67.6 Å². The summed E-state index contributed by atoms with van der Waals surface area (Å²) >= 11 is 0. The number of hydrogen-bond acceptors (Lipinski definition) is 3. The van der Waals surface area contributed by atoms with E-state index >= 15 is 0 Å². The third kappa shape index (κ3) is 3.86. The summed E-state index contributed by atoms with van der Waals surface area (Å²) in [5.74, 6) is -1.27. The summed E-state index contributed by atoms with van der Waals surface area (Å²) in [6.45, 7) is 4.57. The minimum absolute atomic E-state index is 0.115. The van der Waals surface area contributed by atoms with Crippen LogP contribution in [0.4, 0.5) is 0 Å². The third-order valence-corrected chi connectivity index (χ3v) is 6.05. The zero-order valence-corrected chi connectivity index (χ0v) is 18.0. The van der Waals surface area contributed by atoms with Crippen LogP contribution >= 0.6 is 0 Å². The van der Waals surface area contributed by atoms with Crippen molar-refractivity contribution in [1.29, 1.82) is 0 Å². The second kappa shape index (κ2) is 8.76. The first-order valence-electron chi connectivity index (χ1n) is 10.9. The maximum Gasteiger partial charge on any atom is 0.295 e. The molecule has 4 heteroatoms. The average molecular weight is 414 g/mol. The summed E-state index contributed by atoms with van der Waals surface area (Å²) < 4.78 is 0. The number of hydrogen-bond donors (Lipinski definition) is 1. The molecule has 0 radical (unpaired) electrons. The minimum Gasteiger partial charge on any atom is -0.507 e. The molecule has 0 aliphatic carbocycles. The molecule has 1 fully saturated rings. The molecule has 1 aliphatic heterocycles. The molecule has 1 unspecified atom stereocenters. The van der Waals surface area contributed by atoms with Gasteiger partial charge in [0, 0.05) is 12.1 Å². The van der Waals surface area contributed by atoms with E-state index in [9.17, 15) is 14.7 Å². The standard InChI is InChI=1S/C27H27NO3/c1-3-4-9-16-28-24(22-13-8-5-10-18(22)2)23(26(30)27(28)31)25(29)21-15-14-19-11-6-7-12-20(19)17-21/h5-8,10-15,17,24,29H,3-4,9,16H2,1-2H3/b25-23+. The monoisotopic (exact) mass is 413 g/mol. The lowest BCUT2D eigenvalue weighted by molar-refractivity contribution is -0.139. The van der Waals surface area contributed by atoms with Gasteiger partial charge in [-0.3, -0.25) is 9.59 Å². The number of carbonyl (C=O) groups is 2. The highest BCUT2D eigenvalue weighted by Crippen LogP contribution is 2.40. The van der Waals surface area contributed by atoms with E-state index < -0.39 is 17.7 Å². The highest BCUT2D eigenvalue weighted by Gasteiger charge is 2.46. The number of carbonyl (C=O) groups excluding carboxylic acids is 2. The van der Waals surface area contributed by atoms with Gasteiger partial charge in [0.2, 0.25) is 0 Å². The maximum atomic E-state index is 13.1. The van der Waals surface area contributed by atoms with E-state index in [0.717, 1.165) is 41.2 Å². The molecule has 1 aliphatic rings. The molecule has 3 aromatic carbocycles. The molecule has 1 atom stereocenters. The summed E-state index contributed by atoms with van der Waals surface area (Å²) in [6, 6.07) is 20.6. The molecule has 0 saturated carbocycles. The first kappa shape index (κ1) is 20.9. The van der Waals surface area contributed by atoms with Gasteiger partial charge in [-0.2, -0.15) is 0 Å². The van der Waals surface area contributed by atoms with Crippen LogP contribution in [0, 0.1) is 6.92 Å². The highest BCUT2D eigenvalue weighted by atomic mass is 16.3. The molecule has 1 heterocycles. The van der Waals surface area contributed by atoms with Crippen molar-refractivity contribution >= 4 is 28.2 Å². The van der Waals surface area contributed by atoms with Crippen LogP contribution in [-0.2, 0) is 9.59 Å².